The molecule has 0 heterocycles. The Balaban J connectivity index is 2.38. The van der Waals surface area contributed by atoms with Crippen LogP contribution in [-0.2, 0) is 20.7 Å². The normalized spacial score (nSPS) is 22.1. The minimum absolute atomic E-state index is 0.00485. The average Bonchev–Trinajstić information content (AvgIpc) is 2.46. The van der Waals surface area contributed by atoms with E-state index in [-0.39, 0.29) is 29.4 Å². The molecule has 21 heavy (non-hydrogen) atoms. The lowest BCUT2D eigenvalue weighted by Gasteiger charge is -2.33. The largest absolute Gasteiger partial charge is 0.465 e. The van der Waals surface area contributed by atoms with Crippen LogP contribution in [0.2, 0.25) is 5.02 Å². The van der Waals surface area contributed by atoms with Crippen molar-refractivity contribution in [2.75, 3.05) is 6.61 Å². The molecule has 0 aromatic heterocycles. The number of ether oxygens (including phenoxy) is 1. The van der Waals surface area contributed by atoms with E-state index in [0.717, 1.165) is 12.8 Å². The van der Waals surface area contributed by atoms with Gasteiger partial charge in [-0.1, -0.05) is 30.2 Å². The Morgan fingerprint density at radius 1 is 1.43 bits per heavy atom. The van der Waals surface area contributed by atoms with E-state index in [2.05, 4.69) is 0 Å². The number of benzene rings is 1. The summed E-state index contributed by atoms with van der Waals surface area (Å²) in [5.74, 6) is -1.28. The lowest BCUT2D eigenvalue weighted by Crippen LogP contribution is -2.44. The number of carbonyl (C=O) groups excluding carboxylic acids is 2. The Labute approximate surface area is 128 Å². The summed E-state index contributed by atoms with van der Waals surface area (Å²) in [5, 5.41) is -0.00485. The molecular formula is C16H18ClFO3. The Morgan fingerprint density at radius 2 is 2.19 bits per heavy atom. The lowest BCUT2D eigenvalue weighted by atomic mass is 9.69. The van der Waals surface area contributed by atoms with Gasteiger partial charge in [0.2, 0.25) is 0 Å². The van der Waals surface area contributed by atoms with E-state index < -0.39 is 17.2 Å². The van der Waals surface area contributed by atoms with Crippen molar-refractivity contribution in [1.29, 1.82) is 0 Å². The minimum atomic E-state index is -1.26. The highest BCUT2D eigenvalue weighted by molar-refractivity contribution is 6.30. The lowest BCUT2D eigenvalue weighted by molar-refractivity contribution is -0.162. The summed E-state index contributed by atoms with van der Waals surface area (Å²) in [6.07, 6.45) is 2.26. The molecule has 0 N–H and O–H groups in total. The molecule has 1 aromatic rings. The predicted octanol–water partition coefficient (Wildman–Crippen LogP) is 3.71. The molecule has 1 atom stereocenters. The van der Waals surface area contributed by atoms with E-state index in [0.29, 0.717) is 12.8 Å². The van der Waals surface area contributed by atoms with Crippen LogP contribution in [0.4, 0.5) is 4.39 Å². The van der Waals surface area contributed by atoms with Gasteiger partial charge in [0.1, 0.15) is 11.2 Å². The van der Waals surface area contributed by atoms with Crippen molar-refractivity contribution in [2.24, 2.45) is 5.41 Å². The zero-order valence-corrected chi connectivity index (χ0v) is 12.7. The molecule has 3 nitrogen and oxygen atoms in total. The van der Waals surface area contributed by atoms with Crippen molar-refractivity contribution in [2.45, 2.75) is 39.0 Å². The van der Waals surface area contributed by atoms with Crippen LogP contribution in [0.5, 0.6) is 0 Å². The molecule has 5 heteroatoms. The van der Waals surface area contributed by atoms with E-state index in [9.17, 15) is 14.0 Å². The number of carbonyl (C=O) groups is 2. The minimum Gasteiger partial charge on any atom is -0.465 e. The van der Waals surface area contributed by atoms with Crippen LogP contribution in [0.1, 0.15) is 38.2 Å². The highest BCUT2D eigenvalue weighted by Gasteiger charge is 2.48. The van der Waals surface area contributed by atoms with Gasteiger partial charge < -0.3 is 4.74 Å². The fourth-order valence-corrected chi connectivity index (χ4v) is 3.04. The second kappa shape index (κ2) is 6.56. The molecule has 0 amide bonds. The van der Waals surface area contributed by atoms with Crippen LogP contribution in [0, 0.1) is 11.2 Å². The van der Waals surface area contributed by atoms with E-state index in [1.807, 2.05) is 0 Å². The van der Waals surface area contributed by atoms with Gasteiger partial charge in [-0.2, -0.15) is 0 Å². The van der Waals surface area contributed by atoms with Gasteiger partial charge in [-0.05, 0) is 37.8 Å². The van der Waals surface area contributed by atoms with E-state index in [1.54, 1.807) is 19.1 Å². The van der Waals surface area contributed by atoms with Gasteiger partial charge >= 0.3 is 5.97 Å². The molecule has 0 bridgehead atoms. The number of ketones is 1. The molecule has 0 spiro atoms. The Hall–Kier alpha value is -1.42. The molecule has 1 aliphatic carbocycles. The van der Waals surface area contributed by atoms with Crippen LogP contribution in [0.25, 0.3) is 0 Å². The smallest absolute Gasteiger partial charge is 0.319 e. The zero-order valence-electron chi connectivity index (χ0n) is 12.0. The topological polar surface area (TPSA) is 43.4 Å². The summed E-state index contributed by atoms with van der Waals surface area (Å²) in [7, 11) is 0. The number of hydrogen-bond donors (Lipinski definition) is 0. The molecule has 2 rings (SSSR count). The van der Waals surface area contributed by atoms with Gasteiger partial charge in [0.25, 0.3) is 0 Å². The van der Waals surface area contributed by atoms with Gasteiger partial charge in [-0.15, -0.1) is 0 Å². The van der Waals surface area contributed by atoms with Crippen LogP contribution < -0.4 is 0 Å². The number of Topliss-reactive ketones (excluding diaryl/α,β-unsaturated/α-hetero) is 1. The van der Waals surface area contributed by atoms with Gasteiger partial charge in [0.05, 0.1) is 11.6 Å². The number of hydrogen-bond acceptors (Lipinski definition) is 3. The number of rotatable bonds is 4. The number of halogens is 2. The first-order valence-electron chi connectivity index (χ1n) is 7.14. The molecule has 0 radical (unpaired) electrons. The summed E-state index contributed by atoms with van der Waals surface area (Å²) in [5.41, 5.74) is -0.981. The van der Waals surface area contributed by atoms with Crippen molar-refractivity contribution in [3.05, 3.63) is 34.6 Å². The quantitative estimate of drug-likeness (QED) is 0.628. The fraction of sp³-hybridized carbons (Fsp3) is 0.500. The molecule has 0 saturated heterocycles. The highest BCUT2D eigenvalue weighted by atomic mass is 35.5. The molecule has 1 fully saturated rings. The van der Waals surface area contributed by atoms with Crippen LogP contribution in [0.3, 0.4) is 0 Å². The van der Waals surface area contributed by atoms with Crippen molar-refractivity contribution >= 4 is 23.4 Å². The Morgan fingerprint density at radius 3 is 2.86 bits per heavy atom. The van der Waals surface area contributed by atoms with E-state index >= 15 is 0 Å². The highest BCUT2D eigenvalue weighted by Crippen LogP contribution is 2.39. The van der Waals surface area contributed by atoms with E-state index in [4.69, 9.17) is 16.3 Å². The standard InChI is InChI=1S/C16H18ClFO3/c1-2-21-15(20)16(9-4-3-8-13(16)19)10-11-6-5-7-12(17)14(11)18/h5-7H,2-4,8-10H2,1H3. The summed E-state index contributed by atoms with van der Waals surface area (Å²) < 4.78 is 19.2. The molecule has 1 aliphatic rings. The maximum absolute atomic E-state index is 14.1. The molecule has 1 aromatic carbocycles. The molecule has 0 aliphatic heterocycles. The van der Waals surface area contributed by atoms with Crippen LogP contribution in [-0.4, -0.2) is 18.4 Å². The predicted molar refractivity (Wildman–Crippen MR) is 77.7 cm³/mol. The first-order chi connectivity index (χ1) is 10.0. The summed E-state index contributed by atoms with van der Waals surface area (Å²) in [4.78, 5) is 24.7. The second-order valence-corrected chi connectivity index (χ2v) is 5.73. The third kappa shape index (κ3) is 3.10. The first kappa shape index (κ1) is 16.0. The van der Waals surface area contributed by atoms with Gasteiger partial charge in [-0.3, -0.25) is 9.59 Å². The van der Waals surface area contributed by atoms with Gasteiger partial charge in [0, 0.05) is 6.42 Å². The van der Waals surface area contributed by atoms with Gasteiger partial charge in [0.15, 0.2) is 5.78 Å². The maximum atomic E-state index is 14.1. The molecule has 114 valence electrons. The van der Waals surface area contributed by atoms with Crippen LogP contribution in [0.15, 0.2) is 18.2 Å². The third-order valence-corrected chi connectivity index (χ3v) is 4.27. The summed E-state index contributed by atoms with van der Waals surface area (Å²) >= 11 is 5.78. The fourth-order valence-electron chi connectivity index (χ4n) is 2.85. The summed E-state index contributed by atoms with van der Waals surface area (Å²) in [6.45, 7) is 1.89. The Kier molecular flexibility index (Phi) is 4.99. The van der Waals surface area contributed by atoms with Crippen LogP contribution >= 0.6 is 11.6 Å². The Bertz CT molecular complexity index is 558. The monoisotopic (exact) mass is 312 g/mol. The van der Waals surface area contributed by atoms with E-state index in [1.165, 1.54) is 6.07 Å². The van der Waals surface area contributed by atoms with Crippen molar-refractivity contribution in [3.8, 4) is 0 Å². The average molecular weight is 313 g/mol. The molecule has 1 unspecified atom stereocenters. The summed E-state index contributed by atoms with van der Waals surface area (Å²) in [6, 6.07) is 4.62. The number of esters is 1. The van der Waals surface area contributed by atoms with Crippen molar-refractivity contribution in [1.82, 2.24) is 0 Å². The SMILES string of the molecule is CCOC(=O)C1(Cc2cccc(Cl)c2F)CCCCC1=O. The molecular weight excluding hydrogens is 295 g/mol. The molecule has 1 saturated carbocycles. The second-order valence-electron chi connectivity index (χ2n) is 5.32. The van der Waals surface area contributed by atoms with Crippen molar-refractivity contribution in [3.63, 3.8) is 0 Å². The third-order valence-electron chi connectivity index (χ3n) is 3.98. The maximum Gasteiger partial charge on any atom is 0.319 e. The zero-order chi connectivity index (χ0) is 15.5. The van der Waals surface area contributed by atoms with Gasteiger partial charge in [-0.25, -0.2) is 4.39 Å². The van der Waals surface area contributed by atoms with Crippen molar-refractivity contribution < 1.29 is 18.7 Å². The first-order valence-corrected chi connectivity index (χ1v) is 7.52.